The highest BCUT2D eigenvalue weighted by Gasteiger charge is 2.31. The summed E-state index contributed by atoms with van der Waals surface area (Å²) in [5, 5.41) is 16.4. The highest BCUT2D eigenvalue weighted by Crippen LogP contribution is 2.38. The molecule has 1 heterocycles. The Morgan fingerprint density at radius 2 is 1.87 bits per heavy atom. The van der Waals surface area contributed by atoms with Gasteiger partial charge in [-0.2, -0.15) is 0 Å². The summed E-state index contributed by atoms with van der Waals surface area (Å²) in [6.07, 6.45) is 8.62. The van der Waals surface area contributed by atoms with Crippen LogP contribution in [-0.4, -0.2) is 43.2 Å². The van der Waals surface area contributed by atoms with Gasteiger partial charge in [-0.1, -0.05) is 31.4 Å². The van der Waals surface area contributed by atoms with Crippen molar-refractivity contribution in [3.8, 4) is 0 Å². The maximum absolute atomic E-state index is 11.9. The predicted molar refractivity (Wildman–Crippen MR) is 133 cm³/mol. The van der Waals surface area contributed by atoms with E-state index in [0.717, 1.165) is 49.7 Å². The van der Waals surface area contributed by atoms with Crippen molar-refractivity contribution in [3.63, 3.8) is 0 Å². The molecule has 3 N–H and O–H groups in total. The van der Waals surface area contributed by atoms with Crippen molar-refractivity contribution in [2.45, 2.75) is 64.8 Å². The molecule has 168 valence electrons. The number of amides is 1. The van der Waals surface area contributed by atoms with Gasteiger partial charge in [-0.3, -0.25) is 4.79 Å². The Labute approximate surface area is 197 Å². The maximum atomic E-state index is 11.9. The molecular weight excluding hydrogens is 491 g/mol. The minimum atomic E-state index is 0. The van der Waals surface area contributed by atoms with E-state index in [-0.39, 0.29) is 41.9 Å². The first kappa shape index (κ1) is 24.9. The fourth-order valence-corrected chi connectivity index (χ4v) is 4.54. The number of nitrogens with zero attached hydrogens (tertiary/aromatic N) is 2. The van der Waals surface area contributed by atoms with Crippen molar-refractivity contribution >= 4 is 41.5 Å². The van der Waals surface area contributed by atoms with Gasteiger partial charge in [0, 0.05) is 38.3 Å². The van der Waals surface area contributed by atoms with E-state index in [2.05, 4.69) is 29.7 Å². The lowest BCUT2D eigenvalue weighted by Crippen LogP contribution is -2.44. The zero-order valence-electron chi connectivity index (χ0n) is 18.2. The van der Waals surface area contributed by atoms with Gasteiger partial charge in [0.1, 0.15) is 0 Å². The number of anilines is 1. The Morgan fingerprint density at radius 3 is 2.47 bits per heavy atom. The number of guanidine groups is 1. The number of aliphatic hydroxyl groups is 1. The Hall–Kier alpha value is -1.35. The third-order valence-electron chi connectivity index (χ3n) is 6.27. The third kappa shape index (κ3) is 6.83. The number of aliphatic imine (C=N–C) groups is 1. The van der Waals surface area contributed by atoms with Crippen LogP contribution in [0.25, 0.3) is 0 Å². The molecule has 1 aromatic rings. The van der Waals surface area contributed by atoms with Crippen molar-refractivity contribution in [1.82, 2.24) is 10.6 Å². The van der Waals surface area contributed by atoms with Crippen molar-refractivity contribution in [3.05, 3.63) is 29.8 Å². The lowest BCUT2D eigenvalue weighted by molar-refractivity contribution is -0.117. The number of benzene rings is 1. The number of hydrogen-bond donors (Lipinski definition) is 3. The van der Waals surface area contributed by atoms with Crippen LogP contribution >= 0.6 is 24.0 Å². The second-order valence-electron chi connectivity index (χ2n) is 8.40. The molecule has 2 aliphatic rings. The second-order valence-corrected chi connectivity index (χ2v) is 8.40. The van der Waals surface area contributed by atoms with Crippen LogP contribution < -0.4 is 15.5 Å². The summed E-state index contributed by atoms with van der Waals surface area (Å²) in [4.78, 5) is 18.5. The van der Waals surface area contributed by atoms with Gasteiger partial charge in [-0.25, -0.2) is 4.99 Å². The summed E-state index contributed by atoms with van der Waals surface area (Å²) < 4.78 is 0. The van der Waals surface area contributed by atoms with Crippen LogP contribution in [0.15, 0.2) is 29.3 Å². The van der Waals surface area contributed by atoms with Gasteiger partial charge in [-0.05, 0) is 55.7 Å². The molecule has 1 saturated heterocycles. The highest BCUT2D eigenvalue weighted by atomic mass is 127. The van der Waals surface area contributed by atoms with Crippen molar-refractivity contribution < 1.29 is 9.90 Å². The minimum Gasteiger partial charge on any atom is -0.396 e. The molecule has 3 rings (SSSR count). The number of carbonyl (C=O) groups excluding carboxylic acids is 1. The number of halogens is 1. The van der Waals surface area contributed by atoms with Crippen LogP contribution in [0.4, 0.5) is 5.69 Å². The topological polar surface area (TPSA) is 77.0 Å². The van der Waals surface area contributed by atoms with E-state index in [4.69, 9.17) is 4.99 Å². The van der Waals surface area contributed by atoms with Crippen molar-refractivity contribution in [1.29, 1.82) is 0 Å². The Morgan fingerprint density at radius 1 is 1.13 bits per heavy atom. The normalized spacial score (nSPS) is 18.8. The van der Waals surface area contributed by atoms with Gasteiger partial charge in [0.15, 0.2) is 5.96 Å². The van der Waals surface area contributed by atoms with E-state index in [1.54, 1.807) is 0 Å². The average molecular weight is 528 g/mol. The smallest absolute Gasteiger partial charge is 0.227 e. The lowest BCUT2D eigenvalue weighted by atomic mass is 9.72. The number of rotatable bonds is 8. The largest absolute Gasteiger partial charge is 0.396 e. The summed E-state index contributed by atoms with van der Waals surface area (Å²) in [7, 11) is 0. The Bertz CT molecular complexity index is 681. The Kier molecular flexibility index (Phi) is 10.4. The van der Waals surface area contributed by atoms with Crippen LogP contribution in [0.2, 0.25) is 0 Å². The molecule has 0 aromatic heterocycles. The monoisotopic (exact) mass is 528 g/mol. The quantitative estimate of drug-likeness (QED) is 0.273. The predicted octanol–water partition coefficient (Wildman–Crippen LogP) is 3.82. The molecule has 0 spiro atoms. The van der Waals surface area contributed by atoms with Crippen molar-refractivity contribution in [2.75, 3.05) is 31.1 Å². The first-order valence-corrected chi connectivity index (χ1v) is 11.2. The standard InChI is InChI=1S/C23H36N4O2.HI/c1-2-24-22(26-18-23(14-16-28)12-4-3-5-13-23)25-17-19-8-10-20(11-9-19)27-15-6-7-21(27)29;/h8-11,28H,2-7,12-18H2,1H3,(H2,24,25,26);1H. The van der Waals surface area contributed by atoms with Crippen LogP contribution in [0.1, 0.15) is 63.9 Å². The molecule has 1 aromatic carbocycles. The van der Waals surface area contributed by atoms with Gasteiger partial charge in [0.2, 0.25) is 5.91 Å². The van der Waals surface area contributed by atoms with Crippen LogP contribution in [0.3, 0.4) is 0 Å². The van der Waals surface area contributed by atoms with E-state index in [1.807, 2.05) is 17.0 Å². The molecule has 1 aliphatic heterocycles. The van der Waals surface area contributed by atoms with E-state index >= 15 is 0 Å². The third-order valence-corrected chi connectivity index (χ3v) is 6.27. The van der Waals surface area contributed by atoms with E-state index in [1.165, 1.54) is 32.1 Å². The van der Waals surface area contributed by atoms with Gasteiger partial charge < -0.3 is 20.6 Å². The molecule has 0 atom stereocenters. The number of aliphatic hydroxyl groups excluding tert-OH is 1. The molecule has 30 heavy (non-hydrogen) atoms. The van der Waals surface area contributed by atoms with Crippen LogP contribution in [-0.2, 0) is 11.3 Å². The summed E-state index contributed by atoms with van der Waals surface area (Å²) in [5.41, 5.74) is 2.29. The fraction of sp³-hybridized carbons (Fsp3) is 0.652. The Balaban J connectivity index is 0.00000320. The molecule has 6 nitrogen and oxygen atoms in total. The molecule has 7 heteroatoms. The van der Waals surface area contributed by atoms with Crippen molar-refractivity contribution in [2.24, 2.45) is 10.4 Å². The molecule has 1 aliphatic carbocycles. The second kappa shape index (κ2) is 12.5. The molecule has 2 fully saturated rings. The molecule has 0 bridgehead atoms. The fourth-order valence-electron chi connectivity index (χ4n) is 4.54. The van der Waals surface area contributed by atoms with Gasteiger partial charge in [0.25, 0.3) is 0 Å². The van der Waals surface area contributed by atoms with Gasteiger partial charge in [-0.15, -0.1) is 24.0 Å². The molecule has 1 amide bonds. The van der Waals surface area contributed by atoms with E-state index < -0.39 is 0 Å². The lowest BCUT2D eigenvalue weighted by Gasteiger charge is -2.37. The van der Waals surface area contributed by atoms with Gasteiger partial charge in [0.05, 0.1) is 6.54 Å². The van der Waals surface area contributed by atoms with Crippen LogP contribution in [0, 0.1) is 5.41 Å². The first-order chi connectivity index (χ1) is 14.2. The molecule has 1 saturated carbocycles. The summed E-state index contributed by atoms with van der Waals surface area (Å²) in [6.45, 7) is 5.41. The molecular formula is C23H37IN4O2. The summed E-state index contributed by atoms with van der Waals surface area (Å²) in [6, 6.07) is 8.16. The number of hydrogen-bond acceptors (Lipinski definition) is 3. The first-order valence-electron chi connectivity index (χ1n) is 11.2. The highest BCUT2D eigenvalue weighted by molar-refractivity contribution is 14.0. The van der Waals surface area contributed by atoms with E-state index in [9.17, 15) is 9.90 Å². The average Bonchev–Trinajstić information content (AvgIpc) is 3.17. The van der Waals surface area contributed by atoms with E-state index in [0.29, 0.717) is 13.0 Å². The molecule has 0 unspecified atom stereocenters. The number of nitrogens with one attached hydrogen (secondary N) is 2. The summed E-state index contributed by atoms with van der Waals surface area (Å²) in [5.74, 6) is 1.04. The summed E-state index contributed by atoms with van der Waals surface area (Å²) >= 11 is 0. The van der Waals surface area contributed by atoms with Gasteiger partial charge >= 0.3 is 0 Å². The SMILES string of the molecule is CCNC(=NCc1ccc(N2CCCC2=O)cc1)NCC1(CCO)CCCCC1.I. The maximum Gasteiger partial charge on any atom is 0.227 e. The minimum absolute atomic E-state index is 0. The molecule has 0 radical (unpaired) electrons. The zero-order chi connectivity index (χ0) is 20.5. The zero-order valence-corrected chi connectivity index (χ0v) is 20.5. The number of carbonyl (C=O) groups is 1. The van der Waals surface area contributed by atoms with Crippen LogP contribution in [0.5, 0.6) is 0 Å².